The number of unbranched alkanes of at least 4 members (excludes halogenated alkanes) is 3. The van der Waals surface area contributed by atoms with E-state index < -0.39 is 36.1 Å². The second-order valence-electron chi connectivity index (χ2n) is 17.8. The van der Waals surface area contributed by atoms with Crippen LogP contribution < -0.4 is 20.9 Å². The highest BCUT2D eigenvalue weighted by Gasteiger charge is 2.46. The van der Waals surface area contributed by atoms with Gasteiger partial charge in [0.05, 0.1) is 29.9 Å². The standard InChI is InChI=1S/C47H55F2N11O6/c1-50-47(66)57-22-17-36-34(27-57)43(58-19-8-9-28-23-32(29-25-52-55(2)26-29)33(42(48)49)24-38(28)58)54-60(36)30-15-20-56(21-16-30)40(62)12-5-3-4-6-18-51-35-11-7-10-31-41(35)46(65)59(45(31)64)37-13-14-39(61)53-44(37)63/h7,10-11,23-26,30,37,42,51H,3-6,8-9,12-22,27H2,1-2H3,(H,50,66)(H,53,61,63). The number of halogens is 2. The number of fused-ring (bicyclic) bond motifs is 3. The van der Waals surface area contributed by atoms with Crippen LogP contribution in [0.2, 0.25) is 0 Å². The maximum absolute atomic E-state index is 14.7. The van der Waals surface area contributed by atoms with Crippen LogP contribution >= 0.6 is 0 Å². The van der Waals surface area contributed by atoms with Crippen LogP contribution in [0.15, 0.2) is 42.7 Å². The molecule has 0 bridgehead atoms. The second kappa shape index (κ2) is 18.7. The second-order valence-corrected chi connectivity index (χ2v) is 17.8. The minimum atomic E-state index is -2.70. The topological polar surface area (TPSA) is 187 Å². The Morgan fingerprint density at radius 3 is 2.45 bits per heavy atom. The summed E-state index contributed by atoms with van der Waals surface area (Å²) in [6.45, 7) is 3.19. The fourth-order valence-corrected chi connectivity index (χ4v) is 10.3. The van der Waals surface area contributed by atoms with E-state index in [-0.39, 0.29) is 47.5 Å². The van der Waals surface area contributed by atoms with Gasteiger partial charge in [0, 0.05) is 106 Å². The smallest absolute Gasteiger partial charge is 0.317 e. The lowest BCUT2D eigenvalue weighted by Gasteiger charge is -2.34. The number of likely N-dealkylation sites (tertiary alicyclic amines) is 1. The molecule has 1 unspecified atom stereocenters. The number of urea groups is 1. The van der Waals surface area contributed by atoms with Crippen LogP contribution in [0, 0.1) is 0 Å². The van der Waals surface area contributed by atoms with Gasteiger partial charge >= 0.3 is 6.03 Å². The number of carbonyl (C=O) groups is 6. The van der Waals surface area contributed by atoms with E-state index in [1.54, 1.807) is 60.3 Å². The zero-order chi connectivity index (χ0) is 46.2. The highest BCUT2D eigenvalue weighted by atomic mass is 19.3. The Hall–Kier alpha value is -6.66. The molecule has 7 amide bonds. The monoisotopic (exact) mass is 907 g/mol. The van der Waals surface area contributed by atoms with Gasteiger partial charge in [0.25, 0.3) is 18.2 Å². The van der Waals surface area contributed by atoms with Gasteiger partial charge in [-0.1, -0.05) is 18.9 Å². The Bertz CT molecular complexity index is 2580. The van der Waals surface area contributed by atoms with Crippen molar-refractivity contribution in [3.63, 3.8) is 0 Å². The first-order chi connectivity index (χ1) is 31.9. The Balaban J connectivity index is 0.799. The Kier molecular flexibility index (Phi) is 12.6. The summed E-state index contributed by atoms with van der Waals surface area (Å²) in [6, 6.07) is 7.31. The van der Waals surface area contributed by atoms with Gasteiger partial charge in [0.1, 0.15) is 6.04 Å². The molecule has 0 spiro atoms. The minimum Gasteiger partial charge on any atom is -0.384 e. The average Bonchev–Trinajstić information content (AvgIpc) is 4.00. The predicted molar refractivity (Wildman–Crippen MR) is 239 cm³/mol. The first-order valence-electron chi connectivity index (χ1n) is 23.1. The molecule has 0 radical (unpaired) electrons. The fourth-order valence-electron chi connectivity index (χ4n) is 10.3. The molecule has 0 saturated carbocycles. The summed E-state index contributed by atoms with van der Waals surface area (Å²) in [4.78, 5) is 83.7. The zero-order valence-corrected chi connectivity index (χ0v) is 37.3. The molecular weight excluding hydrogens is 853 g/mol. The van der Waals surface area contributed by atoms with Crippen LogP contribution in [-0.2, 0) is 40.8 Å². The van der Waals surface area contributed by atoms with Crippen molar-refractivity contribution < 1.29 is 37.5 Å². The average molecular weight is 908 g/mol. The van der Waals surface area contributed by atoms with E-state index in [0.717, 1.165) is 60.2 Å². The van der Waals surface area contributed by atoms with Crippen molar-refractivity contribution in [2.24, 2.45) is 7.05 Å². The number of benzene rings is 2. The van der Waals surface area contributed by atoms with Gasteiger partial charge < -0.3 is 25.3 Å². The number of hydrogen-bond acceptors (Lipinski definition) is 10. The summed E-state index contributed by atoms with van der Waals surface area (Å²) in [7, 11) is 3.37. The molecule has 9 rings (SSSR count). The molecule has 3 N–H and O–H groups in total. The lowest BCUT2D eigenvalue weighted by Crippen LogP contribution is -2.54. The highest BCUT2D eigenvalue weighted by molar-refractivity contribution is 6.25. The molecule has 2 fully saturated rings. The molecule has 4 aromatic rings. The van der Waals surface area contributed by atoms with Gasteiger partial charge in [-0.15, -0.1) is 0 Å². The summed E-state index contributed by atoms with van der Waals surface area (Å²) in [6.07, 6.45) is 8.03. The summed E-state index contributed by atoms with van der Waals surface area (Å²) in [5.41, 5.74) is 5.68. The lowest BCUT2D eigenvalue weighted by atomic mass is 9.92. The number of amides is 7. The summed E-state index contributed by atoms with van der Waals surface area (Å²) in [5.74, 6) is -1.36. The van der Waals surface area contributed by atoms with E-state index in [2.05, 4.69) is 30.6 Å². The molecule has 66 heavy (non-hydrogen) atoms. The fraction of sp³-hybridized carbons (Fsp3) is 0.489. The number of nitrogens with zero attached hydrogens (tertiary/aromatic N) is 8. The Morgan fingerprint density at radius 2 is 1.71 bits per heavy atom. The quantitative estimate of drug-likeness (QED) is 0.112. The third-order valence-corrected chi connectivity index (χ3v) is 13.7. The van der Waals surface area contributed by atoms with E-state index in [1.165, 1.54) is 0 Å². The molecule has 2 aromatic heterocycles. The number of aryl methyl sites for hydroxylation is 2. The van der Waals surface area contributed by atoms with Gasteiger partial charge in [0.15, 0.2) is 5.82 Å². The van der Waals surface area contributed by atoms with Crippen molar-refractivity contribution in [3.8, 4) is 11.1 Å². The van der Waals surface area contributed by atoms with Crippen LogP contribution in [0.25, 0.3) is 11.1 Å². The van der Waals surface area contributed by atoms with Gasteiger partial charge in [-0.25, -0.2) is 13.6 Å². The molecule has 1 atom stereocenters. The molecule has 5 aliphatic rings. The third-order valence-electron chi connectivity index (χ3n) is 13.7. The number of rotatable bonds is 13. The van der Waals surface area contributed by atoms with E-state index in [4.69, 9.17) is 5.10 Å². The lowest BCUT2D eigenvalue weighted by molar-refractivity contribution is -0.136. The van der Waals surface area contributed by atoms with Gasteiger partial charge in [-0.05, 0) is 80.3 Å². The maximum atomic E-state index is 14.7. The highest BCUT2D eigenvalue weighted by Crippen LogP contribution is 2.44. The van der Waals surface area contributed by atoms with Crippen molar-refractivity contribution >= 4 is 52.8 Å². The molecular formula is C47H55F2N11O6. The van der Waals surface area contributed by atoms with Crippen LogP contribution in [0.5, 0.6) is 0 Å². The normalized spacial score (nSPS) is 18.7. The Labute approximate surface area is 380 Å². The van der Waals surface area contributed by atoms with Crippen molar-refractivity contribution in [1.29, 1.82) is 0 Å². The number of anilines is 3. The number of carbonyl (C=O) groups excluding carboxylic acids is 6. The van der Waals surface area contributed by atoms with E-state index in [1.807, 2.05) is 11.0 Å². The zero-order valence-electron chi connectivity index (χ0n) is 37.3. The van der Waals surface area contributed by atoms with Crippen LogP contribution in [0.4, 0.5) is 30.8 Å². The molecule has 7 heterocycles. The number of imide groups is 2. The number of alkyl halides is 2. The van der Waals surface area contributed by atoms with Crippen LogP contribution in [0.1, 0.15) is 120 Å². The largest absolute Gasteiger partial charge is 0.384 e. The SMILES string of the molecule is CNC(=O)N1CCc2c(c(N3CCCc4cc(-c5cnn(C)c5)c(C(F)F)cc43)nn2C2CCN(C(=O)CCCCCCNc3cccc4c3C(=O)N(C3CCC(=O)NC3=O)C4=O)CC2)C1. The summed E-state index contributed by atoms with van der Waals surface area (Å²) in [5, 5.41) is 17.7. The number of hydrogen-bond donors (Lipinski definition) is 3. The van der Waals surface area contributed by atoms with Gasteiger partial charge in [-0.2, -0.15) is 10.2 Å². The van der Waals surface area contributed by atoms with Crippen molar-refractivity contribution in [2.75, 3.05) is 50.0 Å². The first kappa shape index (κ1) is 44.5. The van der Waals surface area contributed by atoms with E-state index in [9.17, 15) is 37.5 Å². The molecule has 17 nitrogen and oxygen atoms in total. The number of piperidine rings is 2. The van der Waals surface area contributed by atoms with Crippen LogP contribution in [0.3, 0.4) is 0 Å². The van der Waals surface area contributed by atoms with Gasteiger partial charge in [-0.3, -0.25) is 43.6 Å². The van der Waals surface area contributed by atoms with Crippen molar-refractivity contribution in [2.45, 2.75) is 102 Å². The summed E-state index contributed by atoms with van der Waals surface area (Å²) < 4.78 is 33.2. The molecule has 19 heteroatoms. The van der Waals surface area contributed by atoms with Crippen molar-refractivity contribution in [1.82, 2.24) is 44.9 Å². The molecule has 348 valence electrons. The molecule has 5 aliphatic heterocycles. The third kappa shape index (κ3) is 8.50. The van der Waals surface area contributed by atoms with Crippen molar-refractivity contribution in [3.05, 3.63) is 76.2 Å². The summed E-state index contributed by atoms with van der Waals surface area (Å²) >= 11 is 0. The first-order valence-corrected chi connectivity index (χ1v) is 23.1. The predicted octanol–water partition coefficient (Wildman–Crippen LogP) is 5.63. The van der Waals surface area contributed by atoms with E-state index >= 15 is 0 Å². The molecule has 2 aromatic carbocycles. The van der Waals surface area contributed by atoms with Crippen LogP contribution in [-0.4, -0.2) is 116 Å². The Morgan fingerprint density at radius 1 is 0.909 bits per heavy atom. The number of nitrogens with one attached hydrogen (secondary N) is 3. The molecule has 0 aliphatic carbocycles. The molecule has 2 saturated heterocycles. The number of aromatic nitrogens is 4. The van der Waals surface area contributed by atoms with E-state index in [0.29, 0.717) is 93.3 Å². The van der Waals surface area contributed by atoms with Gasteiger partial charge in [0.2, 0.25) is 17.7 Å². The maximum Gasteiger partial charge on any atom is 0.317 e. The minimum absolute atomic E-state index is 0.0317.